The van der Waals surface area contributed by atoms with Crippen molar-refractivity contribution < 1.29 is 8.42 Å². The van der Waals surface area contributed by atoms with E-state index in [-0.39, 0.29) is 5.75 Å². The molecule has 0 atom stereocenters. The highest BCUT2D eigenvalue weighted by atomic mass is 32.2. The van der Waals surface area contributed by atoms with Gasteiger partial charge < -0.3 is 5.32 Å². The standard InChI is InChI=1S/C14H14N2O2S/c17-19(18)8-6-10-13(19)4-3-11-14(10)12(5-7-15-11)16-9-1-2-9/h3-5,7,9H,1-2,6,8H2,(H,15,16). The molecule has 0 bridgehead atoms. The van der Waals surface area contributed by atoms with Crippen LogP contribution in [-0.4, -0.2) is 25.2 Å². The third kappa shape index (κ3) is 1.72. The fraction of sp³-hybridized carbons (Fsp3) is 0.357. The second-order valence-corrected chi connectivity index (χ2v) is 7.36. The van der Waals surface area contributed by atoms with E-state index < -0.39 is 9.84 Å². The topological polar surface area (TPSA) is 59.1 Å². The summed E-state index contributed by atoms with van der Waals surface area (Å²) in [5, 5.41) is 4.47. The lowest BCUT2D eigenvalue weighted by molar-refractivity contribution is 0.600. The lowest BCUT2D eigenvalue weighted by Crippen LogP contribution is -2.03. The van der Waals surface area contributed by atoms with Gasteiger partial charge >= 0.3 is 0 Å². The minimum Gasteiger partial charge on any atom is -0.382 e. The summed E-state index contributed by atoms with van der Waals surface area (Å²) in [6.07, 6.45) is 4.76. The van der Waals surface area contributed by atoms with Gasteiger partial charge in [0.25, 0.3) is 0 Å². The number of pyridine rings is 1. The number of nitrogens with one attached hydrogen (secondary N) is 1. The first-order valence-electron chi connectivity index (χ1n) is 6.55. The fourth-order valence-corrected chi connectivity index (χ4v) is 4.30. The van der Waals surface area contributed by atoms with Crippen LogP contribution < -0.4 is 5.32 Å². The van der Waals surface area contributed by atoms with Gasteiger partial charge in [-0.3, -0.25) is 4.98 Å². The van der Waals surface area contributed by atoms with Gasteiger partial charge in [0, 0.05) is 23.3 Å². The number of aryl methyl sites for hydroxylation is 1. The van der Waals surface area contributed by atoms with E-state index in [0.717, 1.165) is 22.2 Å². The summed E-state index contributed by atoms with van der Waals surface area (Å²) in [5.41, 5.74) is 2.84. The monoisotopic (exact) mass is 274 g/mol. The van der Waals surface area contributed by atoms with Gasteiger partial charge in [0.05, 0.1) is 16.2 Å². The average Bonchev–Trinajstić information content (AvgIpc) is 3.14. The number of sulfone groups is 1. The Bertz CT molecular complexity index is 779. The first kappa shape index (κ1) is 11.2. The van der Waals surface area contributed by atoms with Crippen molar-refractivity contribution in [3.8, 4) is 0 Å². The molecule has 4 rings (SSSR count). The highest BCUT2D eigenvalue weighted by Gasteiger charge is 2.29. The van der Waals surface area contributed by atoms with Crippen LogP contribution in [0.4, 0.5) is 5.69 Å². The molecule has 2 aromatic rings. The largest absolute Gasteiger partial charge is 0.382 e. The van der Waals surface area contributed by atoms with Crippen molar-refractivity contribution in [3.63, 3.8) is 0 Å². The summed E-state index contributed by atoms with van der Waals surface area (Å²) < 4.78 is 24.0. The summed E-state index contributed by atoms with van der Waals surface area (Å²) in [6.45, 7) is 0. The van der Waals surface area contributed by atoms with Gasteiger partial charge in [-0.2, -0.15) is 0 Å². The Morgan fingerprint density at radius 1 is 1.21 bits per heavy atom. The molecule has 0 radical (unpaired) electrons. The maximum Gasteiger partial charge on any atom is 0.179 e. The maximum atomic E-state index is 12.0. The molecule has 1 saturated carbocycles. The molecular formula is C14H14N2O2S. The number of fused-ring (bicyclic) bond motifs is 3. The molecule has 98 valence electrons. The van der Waals surface area contributed by atoms with Crippen molar-refractivity contribution in [1.29, 1.82) is 0 Å². The Morgan fingerprint density at radius 2 is 2.05 bits per heavy atom. The Kier molecular flexibility index (Phi) is 2.18. The number of nitrogens with zero attached hydrogens (tertiary/aromatic N) is 1. The van der Waals surface area contributed by atoms with E-state index in [1.165, 1.54) is 12.8 Å². The molecule has 0 amide bonds. The summed E-state index contributed by atoms with van der Waals surface area (Å²) in [6, 6.07) is 6.01. The van der Waals surface area contributed by atoms with Crippen LogP contribution in [-0.2, 0) is 16.3 Å². The molecule has 0 unspecified atom stereocenters. The quantitative estimate of drug-likeness (QED) is 0.911. The molecule has 1 aliphatic heterocycles. The minimum absolute atomic E-state index is 0.221. The molecule has 1 fully saturated rings. The maximum absolute atomic E-state index is 12.0. The summed E-state index contributed by atoms with van der Waals surface area (Å²) in [7, 11) is -3.08. The minimum atomic E-state index is -3.08. The second kappa shape index (κ2) is 3.70. The highest BCUT2D eigenvalue weighted by Crippen LogP contribution is 2.37. The van der Waals surface area contributed by atoms with E-state index in [4.69, 9.17) is 0 Å². The van der Waals surface area contributed by atoms with Gasteiger partial charge in [-0.15, -0.1) is 0 Å². The molecule has 1 aromatic carbocycles. The molecule has 4 nitrogen and oxygen atoms in total. The van der Waals surface area contributed by atoms with Gasteiger partial charge in [-0.1, -0.05) is 0 Å². The first-order chi connectivity index (χ1) is 9.15. The van der Waals surface area contributed by atoms with Crippen molar-refractivity contribution in [3.05, 3.63) is 30.0 Å². The van der Waals surface area contributed by atoms with E-state index in [1.807, 2.05) is 12.1 Å². The van der Waals surface area contributed by atoms with E-state index in [1.54, 1.807) is 12.3 Å². The van der Waals surface area contributed by atoms with Crippen LogP contribution in [0, 0.1) is 0 Å². The van der Waals surface area contributed by atoms with Crippen LogP contribution >= 0.6 is 0 Å². The number of rotatable bonds is 2. The van der Waals surface area contributed by atoms with Crippen LogP contribution in [0.5, 0.6) is 0 Å². The summed E-state index contributed by atoms with van der Waals surface area (Å²) in [5.74, 6) is 0.221. The van der Waals surface area contributed by atoms with Gasteiger partial charge in [0.15, 0.2) is 9.84 Å². The van der Waals surface area contributed by atoms with Crippen molar-refractivity contribution >= 4 is 26.4 Å². The van der Waals surface area contributed by atoms with Crippen molar-refractivity contribution in [2.75, 3.05) is 11.1 Å². The molecule has 5 heteroatoms. The number of benzene rings is 1. The zero-order valence-electron chi connectivity index (χ0n) is 10.4. The molecule has 19 heavy (non-hydrogen) atoms. The van der Waals surface area contributed by atoms with Gasteiger partial charge in [0.2, 0.25) is 0 Å². The lowest BCUT2D eigenvalue weighted by atomic mass is 10.0. The zero-order chi connectivity index (χ0) is 13.0. The number of anilines is 1. The molecule has 2 heterocycles. The second-order valence-electron chi connectivity index (χ2n) is 5.28. The smallest absolute Gasteiger partial charge is 0.179 e. The van der Waals surface area contributed by atoms with Gasteiger partial charge in [-0.05, 0) is 43.0 Å². The van der Waals surface area contributed by atoms with E-state index >= 15 is 0 Å². The number of hydrogen-bond acceptors (Lipinski definition) is 4. The van der Waals surface area contributed by atoms with Gasteiger partial charge in [-0.25, -0.2) is 8.42 Å². The first-order valence-corrected chi connectivity index (χ1v) is 8.20. The Labute approximate surface area is 111 Å². The van der Waals surface area contributed by atoms with Crippen LogP contribution in [0.15, 0.2) is 29.3 Å². The Balaban J connectivity index is 2.01. The van der Waals surface area contributed by atoms with Crippen LogP contribution in [0.3, 0.4) is 0 Å². The molecule has 0 spiro atoms. The summed E-state index contributed by atoms with van der Waals surface area (Å²) in [4.78, 5) is 4.85. The average molecular weight is 274 g/mol. The predicted octanol–water partition coefficient (Wildman–Crippen LogP) is 2.14. The Morgan fingerprint density at radius 3 is 2.84 bits per heavy atom. The molecular weight excluding hydrogens is 260 g/mol. The van der Waals surface area contributed by atoms with Gasteiger partial charge in [0.1, 0.15) is 0 Å². The Hall–Kier alpha value is -1.62. The molecule has 2 aliphatic rings. The van der Waals surface area contributed by atoms with E-state index in [9.17, 15) is 8.42 Å². The molecule has 0 saturated heterocycles. The van der Waals surface area contributed by atoms with Crippen molar-refractivity contribution in [1.82, 2.24) is 4.98 Å². The number of aromatic nitrogens is 1. The molecule has 1 N–H and O–H groups in total. The van der Waals surface area contributed by atoms with Crippen LogP contribution in [0.25, 0.3) is 10.9 Å². The lowest BCUT2D eigenvalue weighted by Gasteiger charge is -2.11. The molecule has 1 aromatic heterocycles. The fourth-order valence-electron chi connectivity index (χ4n) is 2.75. The normalized spacial score (nSPS) is 20.4. The van der Waals surface area contributed by atoms with Crippen LogP contribution in [0.2, 0.25) is 0 Å². The van der Waals surface area contributed by atoms with Crippen LogP contribution in [0.1, 0.15) is 18.4 Å². The highest BCUT2D eigenvalue weighted by molar-refractivity contribution is 7.91. The van der Waals surface area contributed by atoms with Crippen molar-refractivity contribution in [2.24, 2.45) is 0 Å². The summed E-state index contributed by atoms with van der Waals surface area (Å²) >= 11 is 0. The van der Waals surface area contributed by atoms with E-state index in [0.29, 0.717) is 17.4 Å². The van der Waals surface area contributed by atoms with Crippen molar-refractivity contribution in [2.45, 2.75) is 30.2 Å². The zero-order valence-corrected chi connectivity index (χ0v) is 11.2. The molecule has 1 aliphatic carbocycles. The van der Waals surface area contributed by atoms with E-state index in [2.05, 4.69) is 10.3 Å². The third-order valence-electron chi connectivity index (χ3n) is 3.86. The number of hydrogen-bond donors (Lipinski definition) is 1. The SMILES string of the molecule is O=S1(=O)CCc2c1ccc1nccc(NC3CC3)c21. The third-order valence-corrected chi connectivity index (χ3v) is 5.66. The predicted molar refractivity (Wildman–Crippen MR) is 74.1 cm³/mol.